The van der Waals surface area contributed by atoms with Crippen molar-refractivity contribution < 1.29 is 13.2 Å². The molecular weight excluding hydrogens is 433 g/mol. The molecule has 1 amide bonds. The number of halogens is 2. The van der Waals surface area contributed by atoms with Crippen molar-refractivity contribution in [1.82, 2.24) is 10.2 Å². The summed E-state index contributed by atoms with van der Waals surface area (Å²) >= 11 is 0. The van der Waals surface area contributed by atoms with Crippen LogP contribution >= 0.6 is 24.8 Å². The molecule has 0 aromatic heterocycles. The van der Waals surface area contributed by atoms with E-state index in [0.29, 0.717) is 31.6 Å². The number of amides is 1. The van der Waals surface area contributed by atoms with Gasteiger partial charge in [-0.2, -0.15) is 0 Å². The Bertz CT molecular complexity index is 745. The van der Waals surface area contributed by atoms with Gasteiger partial charge in [-0.1, -0.05) is 18.6 Å². The fourth-order valence-electron chi connectivity index (χ4n) is 4.07. The van der Waals surface area contributed by atoms with E-state index in [1.807, 2.05) is 24.3 Å². The molecule has 0 unspecified atom stereocenters. The average Bonchev–Trinajstić information content (AvgIpc) is 2.68. The Morgan fingerprint density at radius 1 is 1.07 bits per heavy atom. The van der Waals surface area contributed by atoms with Gasteiger partial charge in [-0.15, -0.1) is 24.8 Å². The summed E-state index contributed by atoms with van der Waals surface area (Å²) in [6.07, 6.45) is 6.72. The smallest absolute Gasteiger partial charge is 0.245 e. The van der Waals surface area contributed by atoms with E-state index in [-0.39, 0.29) is 24.8 Å². The highest BCUT2D eigenvalue weighted by Gasteiger charge is 2.48. The summed E-state index contributed by atoms with van der Waals surface area (Å²) in [4.78, 5) is 15.3. The maximum atomic E-state index is 12.8. The number of hydrogen-bond donors (Lipinski definition) is 2. The molecule has 2 heterocycles. The van der Waals surface area contributed by atoms with Crippen molar-refractivity contribution in [3.63, 3.8) is 0 Å². The number of carbonyl (C=O) groups excluding carboxylic acids is 1. The lowest BCUT2D eigenvalue weighted by Crippen LogP contribution is -2.55. The number of likely N-dealkylation sites (tertiary alicyclic amines) is 1. The first-order valence-electron chi connectivity index (χ1n) is 9.94. The van der Waals surface area contributed by atoms with Gasteiger partial charge >= 0.3 is 0 Å². The predicted octanol–water partition coefficient (Wildman–Crippen LogP) is 2.66. The van der Waals surface area contributed by atoms with Gasteiger partial charge in [-0.3, -0.25) is 4.79 Å². The molecule has 9 heteroatoms. The molecule has 0 spiro atoms. The average molecular weight is 466 g/mol. The second-order valence-corrected chi connectivity index (χ2v) is 10.1. The molecule has 0 radical (unpaired) electrons. The van der Waals surface area contributed by atoms with Crippen LogP contribution in [0.25, 0.3) is 0 Å². The van der Waals surface area contributed by atoms with Crippen LogP contribution in [0.15, 0.2) is 24.3 Å². The Balaban J connectivity index is 0.00000210. The van der Waals surface area contributed by atoms with Gasteiger partial charge in [0.25, 0.3) is 0 Å². The summed E-state index contributed by atoms with van der Waals surface area (Å²) in [6, 6.07) is 7.80. The molecule has 0 saturated carbocycles. The van der Waals surface area contributed by atoms with E-state index in [4.69, 9.17) is 0 Å². The van der Waals surface area contributed by atoms with Gasteiger partial charge in [0, 0.05) is 18.5 Å². The Labute approximate surface area is 186 Å². The molecule has 1 aromatic carbocycles. The quantitative estimate of drug-likeness (QED) is 0.674. The van der Waals surface area contributed by atoms with Crippen molar-refractivity contribution in [1.29, 1.82) is 0 Å². The fraction of sp³-hybridized carbons (Fsp3) is 0.650. The van der Waals surface area contributed by atoms with Crippen molar-refractivity contribution in [2.24, 2.45) is 0 Å². The van der Waals surface area contributed by atoms with E-state index in [1.165, 1.54) is 44.2 Å². The van der Waals surface area contributed by atoms with Gasteiger partial charge < -0.3 is 15.5 Å². The van der Waals surface area contributed by atoms with Crippen LogP contribution in [-0.4, -0.2) is 63.0 Å². The lowest BCUT2D eigenvalue weighted by molar-refractivity contribution is -0.119. The minimum absolute atomic E-state index is 0. The molecule has 3 rings (SSSR count). The van der Waals surface area contributed by atoms with Gasteiger partial charge in [0.15, 0.2) is 14.6 Å². The van der Waals surface area contributed by atoms with Gasteiger partial charge in [0.05, 0.1) is 0 Å². The number of nitrogens with zero attached hydrogens (tertiary/aromatic N) is 1. The SMILES string of the molecule is CS(=O)(=O)C1(C(=O)Nc2ccc(CCN3CCCCC3)cc2)CCNCC1.Cl.Cl. The zero-order chi connectivity index (χ0) is 19.3. The van der Waals surface area contributed by atoms with E-state index >= 15 is 0 Å². The molecule has 29 heavy (non-hydrogen) atoms. The highest BCUT2D eigenvalue weighted by atomic mass is 35.5. The summed E-state index contributed by atoms with van der Waals surface area (Å²) in [6.45, 7) is 4.52. The van der Waals surface area contributed by atoms with Crippen molar-refractivity contribution in [3.05, 3.63) is 29.8 Å². The van der Waals surface area contributed by atoms with Crippen LogP contribution in [0.5, 0.6) is 0 Å². The third kappa shape index (κ3) is 6.56. The van der Waals surface area contributed by atoms with Crippen LogP contribution in [-0.2, 0) is 21.1 Å². The fourth-order valence-corrected chi connectivity index (χ4v) is 5.40. The zero-order valence-corrected chi connectivity index (χ0v) is 19.4. The molecule has 6 nitrogen and oxygen atoms in total. The molecule has 2 aliphatic rings. The number of nitrogens with one attached hydrogen (secondary N) is 2. The molecule has 2 N–H and O–H groups in total. The molecule has 0 bridgehead atoms. The molecule has 0 atom stereocenters. The number of piperidine rings is 2. The number of anilines is 1. The maximum Gasteiger partial charge on any atom is 0.245 e. The third-order valence-electron chi connectivity index (χ3n) is 5.91. The number of hydrogen-bond acceptors (Lipinski definition) is 5. The van der Waals surface area contributed by atoms with Gasteiger partial charge in [0.1, 0.15) is 0 Å². The highest BCUT2D eigenvalue weighted by Crippen LogP contribution is 2.29. The first-order valence-corrected chi connectivity index (χ1v) is 11.8. The van der Waals surface area contributed by atoms with Crippen molar-refractivity contribution in [2.75, 3.05) is 44.3 Å². The number of benzene rings is 1. The first kappa shape index (κ1) is 26.2. The van der Waals surface area contributed by atoms with E-state index in [2.05, 4.69) is 15.5 Å². The lowest BCUT2D eigenvalue weighted by atomic mass is 9.95. The Morgan fingerprint density at radius 2 is 1.66 bits per heavy atom. The van der Waals surface area contributed by atoms with Crippen LogP contribution in [0.2, 0.25) is 0 Å². The van der Waals surface area contributed by atoms with Gasteiger partial charge in [-0.25, -0.2) is 8.42 Å². The van der Waals surface area contributed by atoms with Crippen LogP contribution < -0.4 is 10.6 Å². The lowest BCUT2D eigenvalue weighted by Gasteiger charge is -2.34. The van der Waals surface area contributed by atoms with Gasteiger partial charge in [-0.05, 0) is 76.0 Å². The Morgan fingerprint density at radius 3 is 2.21 bits per heavy atom. The second kappa shape index (κ2) is 11.5. The summed E-state index contributed by atoms with van der Waals surface area (Å²) in [5, 5.41) is 5.97. The summed E-state index contributed by atoms with van der Waals surface area (Å²) in [7, 11) is -3.49. The van der Waals surface area contributed by atoms with Crippen LogP contribution in [0.4, 0.5) is 5.69 Å². The summed E-state index contributed by atoms with van der Waals surface area (Å²) in [5.74, 6) is -0.410. The molecule has 1 aromatic rings. The third-order valence-corrected chi connectivity index (χ3v) is 7.93. The predicted molar refractivity (Wildman–Crippen MR) is 123 cm³/mol. The molecule has 166 valence electrons. The number of rotatable bonds is 6. The van der Waals surface area contributed by atoms with Crippen molar-refractivity contribution >= 4 is 46.2 Å². The Hall–Kier alpha value is -0.860. The first-order chi connectivity index (χ1) is 12.9. The molecule has 2 fully saturated rings. The minimum atomic E-state index is -3.49. The monoisotopic (exact) mass is 465 g/mol. The normalized spacial score (nSPS) is 19.5. The van der Waals surface area contributed by atoms with Gasteiger partial charge in [0.2, 0.25) is 5.91 Å². The van der Waals surface area contributed by atoms with Crippen LogP contribution in [0.1, 0.15) is 37.7 Å². The molecule has 0 aliphatic carbocycles. The summed E-state index contributed by atoms with van der Waals surface area (Å²) < 4.78 is 23.3. The molecule has 2 saturated heterocycles. The van der Waals surface area contributed by atoms with Crippen molar-refractivity contribution in [2.45, 2.75) is 43.3 Å². The summed E-state index contributed by atoms with van der Waals surface area (Å²) in [5.41, 5.74) is 1.89. The Kier molecular flexibility index (Phi) is 10.4. The van der Waals surface area contributed by atoms with Crippen LogP contribution in [0.3, 0.4) is 0 Å². The van der Waals surface area contributed by atoms with E-state index in [0.717, 1.165) is 13.0 Å². The maximum absolute atomic E-state index is 12.8. The zero-order valence-electron chi connectivity index (χ0n) is 17.0. The highest BCUT2D eigenvalue weighted by molar-refractivity contribution is 7.92. The largest absolute Gasteiger partial charge is 0.325 e. The van der Waals surface area contributed by atoms with E-state index in [1.54, 1.807) is 0 Å². The van der Waals surface area contributed by atoms with Crippen LogP contribution in [0, 0.1) is 0 Å². The topological polar surface area (TPSA) is 78.5 Å². The minimum Gasteiger partial charge on any atom is -0.325 e. The van der Waals surface area contributed by atoms with Crippen molar-refractivity contribution in [3.8, 4) is 0 Å². The standard InChI is InChI=1S/C20H31N3O3S.2ClH/c1-27(25,26)20(10-12-21-13-11-20)19(24)22-18-7-5-17(6-8-18)9-16-23-14-3-2-4-15-23;;/h5-8,21H,2-4,9-16H2,1H3,(H,22,24);2*1H. The molecular formula is C20H33Cl2N3O3S. The molecule has 2 aliphatic heterocycles. The number of sulfone groups is 1. The second-order valence-electron chi connectivity index (χ2n) is 7.82. The van der Waals surface area contributed by atoms with E-state index < -0.39 is 20.5 Å². The number of carbonyl (C=O) groups is 1. The van der Waals surface area contributed by atoms with E-state index in [9.17, 15) is 13.2 Å².